The maximum Gasteiger partial charge on any atom is 0.336 e. The number of carbonyl (C=O) groups excluding carboxylic acids is 2. The average molecular weight is 430 g/mol. The van der Waals surface area contributed by atoms with Gasteiger partial charge in [-0.3, -0.25) is 14.9 Å². The third-order valence-electron chi connectivity index (χ3n) is 5.47. The van der Waals surface area contributed by atoms with E-state index in [0.717, 1.165) is 0 Å². The Morgan fingerprint density at radius 2 is 1.90 bits per heavy atom. The molecule has 9 heteroatoms. The number of esters is 1. The summed E-state index contributed by atoms with van der Waals surface area (Å²) in [6.45, 7) is 3.79. The number of ketones is 1. The molecule has 0 unspecified atom stereocenters. The normalized spacial score (nSPS) is 18.3. The summed E-state index contributed by atoms with van der Waals surface area (Å²) in [6, 6.07) is 2.73. The van der Waals surface area contributed by atoms with E-state index in [1.807, 2.05) is 6.92 Å². The lowest BCUT2D eigenvalue weighted by Gasteiger charge is -2.34. The molecule has 31 heavy (non-hydrogen) atoms. The van der Waals surface area contributed by atoms with Gasteiger partial charge in [0.2, 0.25) is 0 Å². The summed E-state index contributed by atoms with van der Waals surface area (Å²) < 4.78 is 16.0. The van der Waals surface area contributed by atoms with Crippen molar-refractivity contribution in [1.29, 1.82) is 0 Å². The van der Waals surface area contributed by atoms with E-state index in [9.17, 15) is 19.7 Å². The van der Waals surface area contributed by atoms with E-state index < -0.39 is 16.8 Å². The minimum absolute atomic E-state index is 0.142. The Kier molecular flexibility index (Phi) is 6.62. The third kappa shape index (κ3) is 4.12. The van der Waals surface area contributed by atoms with Gasteiger partial charge in [-0.05, 0) is 32.3 Å². The van der Waals surface area contributed by atoms with Crippen molar-refractivity contribution in [2.24, 2.45) is 0 Å². The number of nitro groups is 1. The fourth-order valence-corrected chi connectivity index (χ4v) is 4.11. The summed E-state index contributed by atoms with van der Waals surface area (Å²) in [4.78, 5) is 37.4. The van der Waals surface area contributed by atoms with Crippen LogP contribution in [0.4, 0.5) is 5.69 Å². The van der Waals surface area contributed by atoms with Gasteiger partial charge in [0.05, 0.1) is 43.3 Å². The van der Waals surface area contributed by atoms with Crippen molar-refractivity contribution in [2.75, 3.05) is 20.8 Å². The van der Waals surface area contributed by atoms with E-state index in [0.29, 0.717) is 42.7 Å². The molecule has 0 bridgehead atoms. The van der Waals surface area contributed by atoms with Crippen LogP contribution in [0, 0.1) is 10.1 Å². The molecule has 1 atom stereocenters. The molecule has 166 valence electrons. The molecule has 1 heterocycles. The molecule has 1 aromatic rings. The summed E-state index contributed by atoms with van der Waals surface area (Å²) in [7, 11) is 2.80. The molecule has 1 aliphatic heterocycles. The van der Waals surface area contributed by atoms with Crippen molar-refractivity contribution < 1.29 is 28.7 Å². The van der Waals surface area contributed by atoms with Crippen LogP contribution in [0.1, 0.15) is 51.0 Å². The van der Waals surface area contributed by atoms with Crippen LogP contribution in [-0.4, -0.2) is 37.5 Å². The molecule has 3 rings (SSSR count). The first-order chi connectivity index (χ1) is 14.8. The number of hydrogen-bond acceptors (Lipinski definition) is 8. The van der Waals surface area contributed by atoms with Gasteiger partial charge in [0.15, 0.2) is 17.3 Å². The zero-order valence-corrected chi connectivity index (χ0v) is 18.1. The van der Waals surface area contributed by atoms with E-state index in [1.54, 1.807) is 6.92 Å². The van der Waals surface area contributed by atoms with Crippen LogP contribution in [0.2, 0.25) is 0 Å². The van der Waals surface area contributed by atoms with Gasteiger partial charge in [0, 0.05) is 29.0 Å². The van der Waals surface area contributed by atoms with Gasteiger partial charge in [-0.15, -0.1) is 0 Å². The number of nitro benzene ring substituents is 1. The maximum absolute atomic E-state index is 13.0. The molecule has 1 N–H and O–H groups in total. The summed E-state index contributed by atoms with van der Waals surface area (Å²) in [5.74, 6) is -1.23. The molecular formula is C22H26N2O7. The minimum Gasteiger partial charge on any atom is -0.493 e. The maximum atomic E-state index is 13.0. The number of carbonyl (C=O) groups is 2. The Labute approximate surface area is 180 Å². The highest BCUT2D eigenvalue weighted by atomic mass is 16.6. The lowest BCUT2D eigenvalue weighted by Crippen LogP contribution is -2.34. The van der Waals surface area contributed by atoms with Crippen molar-refractivity contribution in [2.45, 2.75) is 45.4 Å². The fourth-order valence-electron chi connectivity index (χ4n) is 4.11. The molecule has 9 nitrogen and oxygen atoms in total. The first kappa shape index (κ1) is 22.3. The van der Waals surface area contributed by atoms with Gasteiger partial charge in [-0.25, -0.2) is 4.79 Å². The molecule has 1 aromatic carbocycles. The van der Waals surface area contributed by atoms with Crippen molar-refractivity contribution in [3.63, 3.8) is 0 Å². The second kappa shape index (κ2) is 9.20. The molecule has 0 spiro atoms. The van der Waals surface area contributed by atoms with Gasteiger partial charge in [-0.2, -0.15) is 0 Å². The third-order valence-corrected chi connectivity index (χ3v) is 5.47. The second-order valence-electron chi connectivity index (χ2n) is 7.42. The van der Waals surface area contributed by atoms with Crippen LogP contribution in [0.15, 0.2) is 34.7 Å². The largest absolute Gasteiger partial charge is 0.493 e. The SMILES string of the molecule is CCCOC(=O)C1=C(C)NC2=C(C(=O)CCC2)[C@@H]1c1cc(OC)c(OC)cc1[N+](=O)[O-]. The Morgan fingerprint density at radius 3 is 2.52 bits per heavy atom. The smallest absolute Gasteiger partial charge is 0.336 e. The number of Topliss-reactive ketones (excluding diaryl/α,β-unsaturated/α-hetero) is 1. The Balaban J connectivity index is 2.29. The molecule has 0 fully saturated rings. The number of benzene rings is 1. The van der Waals surface area contributed by atoms with Crippen molar-refractivity contribution in [1.82, 2.24) is 5.32 Å². The Hall–Kier alpha value is -3.36. The summed E-state index contributed by atoms with van der Waals surface area (Å²) in [6.07, 6.45) is 2.23. The highest BCUT2D eigenvalue weighted by Gasteiger charge is 2.42. The second-order valence-corrected chi connectivity index (χ2v) is 7.42. The number of nitrogens with zero attached hydrogens (tertiary/aromatic N) is 1. The molecule has 0 amide bonds. The highest BCUT2D eigenvalue weighted by molar-refractivity contribution is 6.04. The summed E-state index contributed by atoms with van der Waals surface area (Å²) >= 11 is 0. The van der Waals surface area contributed by atoms with Gasteiger partial charge in [-0.1, -0.05) is 6.92 Å². The van der Waals surface area contributed by atoms with Gasteiger partial charge in [0.1, 0.15) is 0 Å². The molecule has 0 saturated carbocycles. The molecule has 0 aromatic heterocycles. The van der Waals surface area contributed by atoms with Crippen LogP contribution < -0.4 is 14.8 Å². The van der Waals surface area contributed by atoms with Crippen molar-refractivity contribution in [3.05, 3.63) is 50.4 Å². The highest BCUT2D eigenvalue weighted by Crippen LogP contribution is 2.47. The molecule has 0 radical (unpaired) electrons. The molecule has 0 saturated heterocycles. The van der Waals surface area contributed by atoms with Crippen LogP contribution in [0.3, 0.4) is 0 Å². The van der Waals surface area contributed by atoms with E-state index >= 15 is 0 Å². The molecular weight excluding hydrogens is 404 g/mol. The summed E-state index contributed by atoms with van der Waals surface area (Å²) in [5.41, 5.74) is 1.70. The quantitative estimate of drug-likeness (QED) is 0.397. The predicted molar refractivity (Wildman–Crippen MR) is 112 cm³/mol. The number of methoxy groups -OCH3 is 2. The summed E-state index contributed by atoms with van der Waals surface area (Å²) in [5, 5.41) is 15.1. The first-order valence-electron chi connectivity index (χ1n) is 10.1. The van der Waals surface area contributed by atoms with Gasteiger partial charge < -0.3 is 19.5 Å². The standard InChI is InChI=1S/C22H26N2O7/c1-5-9-31-22(26)19-12(2)23-14-7-6-8-16(25)21(14)20(19)13-10-17(29-3)18(30-4)11-15(13)24(27)28/h10-11,20,23H,5-9H2,1-4H3/t20-/m1/s1. The van der Waals surface area contributed by atoms with Crippen LogP contribution in [0.25, 0.3) is 0 Å². The molecule has 2 aliphatic rings. The lowest BCUT2D eigenvalue weighted by atomic mass is 9.74. The monoisotopic (exact) mass is 430 g/mol. The van der Waals surface area contributed by atoms with Crippen LogP contribution >= 0.6 is 0 Å². The number of allylic oxidation sites excluding steroid dienone is 3. The molecule has 1 aliphatic carbocycles. The number of ether oxygens (including phenoxy) is 3. The minimum atomic E-state index is -0.936. The first-order valence-corrected chi connectivity index (χ1v) is 10.1. The van der Waals surface area contributed by atoms with Crippen molar-refractivity contribution >= 4 is 17.4 Å². The van der Waals surface area contributed by atoms with Crippen molar-refractivity contribution in [3.8, 4) is 11.5 Å². The zero-order valence-electron chi connectivity index (χ0n) is 18.1. The zero-order chi connectivity index (χ0) is 22.7. The van der Waals surface area contributed by atoms with Gasteiger partial charge >= 0.3 is 5.97 Å². The Morgan fingerprint density at radius 1 is 1.23 bits per heavy atom. The van der Waals surface area contributed by atoms with Gasteiger partial charge in [0.25, 0.3) is 5.69 Å². The Bertz CT molecular complexity index is 994. The number of hydrogen-bond donors (Lipinski definition) is 1. The predicted octanol–water partition coefficient (Wildman–Crippen LogP) is 3.53. The lowest BCUT2D eigenvalue weighted by molar-refractivity contribution is -0.385. The number of dihydropyridines is 1. The van der Waals surface area contributed by atoms with E-state index in [2.05, 4.69) is 5.32 Å². The fraction of sp³-hybridized carbons (Fsp3) is 0.455. The number of nitrogens with one attached hydrogen (secondary N) is 1. The van der Waals surface area contributed by atoms with E-state index in [1.165, 1.54) is 26.4 Å². The van der Waals surface area contributed by atoms with Crippen LogP contribution in [0.5, 0.6) is 11.5 Å². The topological polar surface area (TPSA) is 117 Å². The van der Waals surface area contributed by atoms with E-state index in [-0.39, 0.29) is 40.7 Å². The van der Waals surface area contributed by atoms with E-state index in [4.69, 9.17) is 14.2 Å². The number of rotatable bonds is 7. The van der Waals surface area contributed by atoms with Crippen LogP contribution in [-0.2, 0) is 14.3 Å². The average Bonchev–Trinajstić information content (AvgIpc) is 2.75.